The first-order valence-electron chi connectivity index (χ1n) is 7.53. The Labute approximate surface area is 129 Å². The first kappa shape index (κ1) is 14.4. The zero-order chi connectivity index (χ0) is 14.8. The van der Waals surface area contributed by atoms with E-state index in [1.54, 1.807) is 0 Å². The second-order valence-electron chi connectivity index (χ2n) is 5.83. The predicted octanol–water partition coefficient (Wildman–Crippen LogP) is 3.30. The van der Waals surface area contributed by atoms with Crippen LogP contribution in [0.4, 0.5) is 0 Å². The fourth-order valence-corrected chi connectivity index (χ4v) is 3.59. The number of thioether (sulfide) groups is 1. The Balaban J connectivity index is 1.65. The zero-order valence-corrected chi connectivity index (χ0v) is 13.3. The van der Waals surface area contributed by atoms with Gasteiger partial charge in [0.15, 0.2) is 5.16 Å². The zero-order valence-electron chi connectivity index (χ0n) is 12.5. The third-order valence-electron chi connectivity index (χ3n) is 4.10. The van der Waals surface area contributed by atoms with Gasteiger partial charge >= 0.3 is 0 Å². The SMILES string of the molecule is CC1CCN(C(=O)C(C)Sc2nc3ccccc3[nH]2)CC1. The van der Waals surface area contributed by atoms with Crippen molar-refractivity contribution in [2.75, 3.05) is 13.1 Å². The van der Waals surface area contributed by atoms with E-state index in [-0.39, 0.29) is 11.2 Å². The average molecular weight is 303 g/mol. The van der Waals surface area contributed by atoms with Gasteiger partial charge < -0.3 is 9.88 Å². The maximum atomic E-state index is 12.5. The lowest BCUT2D eigenvalue weighted by atomic mass is 9.99. The van der Waals surface area contributed by atoms with Gasteiger partial charge in [-0.05, 0) is 37.8 Å². The minimum atomic E-state index is -0.0982. The molecular weight excluding hydrogens is 282 g/mol. The van der Waals surface area contributed by atoms with Crippen LogP contribution in [0.2, 0.25) is 0 Å². The van der Waals surface area contributed by atoms with Gasteiger partial charge in [0, 0.05) is 13.1 Å². The van der Waals surface area contributed by atoms with Gasteiger partial charge in [-0.1, -0.05) is 30.8 Å². The summed E-state index contributed by atoms with van der Waals surface area (Å²) in [5.74, 6) is 0.972. The molecule has 1 aliphatic heterocycles. The van der Waals surface area contributed by atoms with Crippen molar-refractivity contribution in [3.63, 3.8) is 0 Å². The van der Waals surface area contributed by atoms with Crippen LogP contribution >= 0.6 is 11.8 Å². The number of aromatic amines is 1. The molecule has 1 atom stereocenters. The normalized spacial score (nSPS) is 18.1. The van der Waals surface area contributed by atoms with E-state index in [0.29, 0.717) is 0 Å². The monoisotopic (exact) mass is 303 g/mol. The van der Waals surface area contributed by atoms with Gasteiger partial charge in [-0.3, -0.25) is 4.79 Å². The summed E-state index contributed by atoms with van der Waals surface area (Å²) in [7, 11) is 0. The minimum Gasteiger partial charge on any atom is -0.342 e. The molecule has 3 rings (SSSR count). The molecule has 1 saturated heterocycles. The molecule has 2 aromatic rings. The van der Waals surface area contributed by atoms with Crippen molar-refractivity contribution in [3.05, 3.63) is 24.3 Å². The molecule has 1 aromatic carbocycles. The first-order chi connectivity index (χ1) is 10.1. The van der Waals surface area contributed by atoms with Gasteiger partial charge in [-0.25, -0.2) is 4.98 Å². The summed E-state index contributed by atoms with van der Waals surface area (Å²) in [4.78, 5) is 22.3. The topological polar surface area (TPSA) is 49.0 Å². The summed E-state index contributed by atoms with van der Waals surface area (Å²) in [5.41, 5.74) is 1.97. The highest BCUT2D eigenvalue weighted by atomic mass is 32.2. The van der Waals surface area contributed by atoms with E-state index in [0.717, 1.165) is 48.0 Å². The Bertz CT molecular complexity index is 598. The molecule has 1 N–H and O–H groups in total. The molecule has 0 bridgehead atoms. The summed E-state index contributed by atoms with van der Waals surface area (Å²) in [5, 5.41) is 0.724. The number of rotatable bonds is 3. The van der Waals surface area contributed by atoms with E-state index in [1.165, 1.54) is 11.8 Å². The molecule has 1 fully saturated rings. The van der Waals surface area contributed by atoms with E-state index < -0.39 is 0 Å². The first-order valence-corrected chi connectivity index (χ1v) is 8.41. The van der Waals surface area contributed by atoms with Gasteiger partial charge in [0.1, 0.15) is 0 Å². The minimum absolute atomic E-state index is 0.0982. The number of imidazole rings is 1. The van der Waals surface area contributed by atoms with Crippen LogP contribution in [0.25, 0.3) is 11.0 Å². The number of para-hydroxylation sites is 2. The number of aromatic nitrogens is 2. The number of hydrogen-bond acceptors (Lipinski definition) is 3. The number of nitrogens with zero attached hydrogens (tertiary/aromatic N) is 2. The van der Waals surface area contributed by atoms with Crippen molar-refractivity contribution in [1.29, 1.82) is 0 Å². The van der Waals surface area contributed by atoms with Gasteiger partial charge in [-0.2, -0.15) is 0 Å². The Morgan fingerprint density at radius 1 is 1.38 bits per heavy atom. The van der Waals surface area contributed by atoms with Crippen LogP contribution < -0.4 is 0 Å². The van der Waals surface area contributed by atoms with Crippen LogP contribution in [0.15, 0.2) is 29.4 Å². The van der Waals surface area contributed by atoms with Crippen LogP contribution in [0.5, 0.6) is 0 Å². The van der Waals surface area contributed by atoms with Crippen LogP contribution in [-0.4, -0.2) is 39.1 Å². The van der Waals surface area contributed by atoms with Gasteiger partial charge in [0.2, 0.25) is 5.91 Å². The van der Waals surface area contributed by atoms with Crippen molar-refractivity contribution in [1.82, 2.24) is 14.9 Å². The molecule has 1 aromatic heterocycles. The molecule has 1 aliphatic rings. The van der Waals surface area contributed by atoms with Crippen LogP contribution in [0, 0.1) is 5.92 Å². The number of hydrogen-bond donors (Lipinski definition) is 1. The lowest BCUT2D eigenvalue weighted by Crippen LogP contribution is -2.41. The van der Waals surface area contributed by atoms with Gasteiger partial charge in [-0.15, -0.1) is 0 Å². The second kappa shape index (κ2) is 6.10. The molecule has 112 valence electrons. The average Bonchev–Trinajstić information content (AvgIpc) is 2.89. The quantitative estimate of drug-likeness (QED) is 0.885. The van der Waals surface area contributed by atoms with Crippen molar-refractivity contribution < 1.29 is 4.79 Å². The van der Waals surface area contributed by atoms with Crippen molar-refractivity contribution in [3.8, 4) is 0 Å². The lowest BCUT2D eigenvalue weighted by Gasteiger charge is -2.31. The standard InChI is InChI=1S/C16H21N3OS/c1-11-7-9-19(10-8-11)15(20)12(2)21-16-17-13-5-3-4-6-14(13)18-16/h3-6,11-12H,7-10H2,1-2H3,(H,17,18). The lowest BCUT2D eigenvalue weighted by molar-refractivity contribution is -0.131. The third-order valence-corrected chi connectivity index (χ3v) is 5.07. The largest absolute Gasteiger partial charge is 0.342 e. The number of benzene rings is 1. The smallest absolute Gasteiger partial charge is 0.235 e. The number of H-pyrrole nitrogens is 1. The molecule has 0 saturated carbocycles. The molecule has 21 heavy (non-hydrogen) atoms. The summed E-state index contributed by atoms with van der Waals surface area (Å²) >= 11 is 1.51. The number of amides is 1. The van der Waals surface area contributed by atoms with E-state index in [1.807, 2.05) is 36.1 Å². The Kier molecular flexibility index (Phi) is 4.19. The van der Waals surface area contributed by atoms with Crippen LogP contribution in [-0.2, 0) is 4.79 Å². The van der Waals surface area contributed by atoms with Crippen molar-refractivity contribution in [2.24, 2.45) is 5.92 Å². The number of nitrogens with one attached hydrogen (secondary N) is 1. The molecule has 0 aliphatic carbocycles. The number of likely N-dealkylation sites (tertiary alicyclic amines) is 1. The third kappa shape index (κ3) is 3.23. The molecule has 1 unspecified atom stereocenters. The Morgan fingerprint density at radius 3 is 2.81 bits per heavy atom. The van der Waals surface area contributed by atoms with E-state index in [2.05, 4.69) is 16.9 Å². The number of carbonyl (C=O) groups is 1. The molecule has 1 amide bonds. The highest BCUT2D eigenvalue weighted by Crippen LogP contribution is 2.26. The number of fused-ring (bicyclic) bond motifs is 1. The fourth-order valence-electron chi connectivity index (χ4n) is 2.69. The molecular formula is C16H21N3OS. The Hall–Kier alpha value is -1.49. The maximum absolute atomic E-state index is 12.5. The Morgan fingerprint density at radius 2 is 2.10 bits per heavy atom. The number of piperidine rings is 1. The van der Waals surface area contributed by atoms with Gasteiger partial charge in [0.05, 0.1) is 16.3 Å². The summed E-state index contributed by atoms with van der Waals surface area (Å²) in [6.07, 6.45) is 2.24. The van der Waals surface area contributed by atoms with Crippen molar-refractivity contribution >= 4 is 28.7 Å². The second-order valence-corrected chi connectivity index (χ2v) is 7.16. The highest BCUT2D eigenvalue weighted by molar-refractivity contribution is 8.00. The highest BCUT2D eigenvalue weighted by Gasteiger charge is 2.25. The van der Waals surface area contributed by atoms with Crippen molar-refractivity contribution in [2.45, 2.75) is 37.1 Å². The molecule has 0 radical (unpaired) electrons. The summed E-state index contributed by atoms with van der Waals surface area (Å²) < 4.78 is 0. The summed E-state index contributed by atoms with van der Waals surface area (Å²) in [6.45, 7) is 6.02. The fraction of sp³-hybridized carbons (Fsp3) is 0.500. The van der Waals surface area contributed by atoms with Crippen LogP contribution in [0.3, 0.4) is 0 Å². The van der Waals surface area contributed by atoms with E-state index in [4.69, 9.17) is 0 Å². The predicted molar refractivity (Wildman–Crippen MR) is 86.4 cm³/mol. The maximum Gasteiger partial charge on any atom is 0.235 e. The molecule has 5 heteroatoms. The van der Waals surface area contributed by atoms with Gasteiger partial charge in [0.25, 0.3) is 0 Å². The van der Waals surface area contributed by atoms with E-state index >= 15 is 0 Å². The van der Waals surface area contributed by atoms with Crippen LogP contribution in [0.1, 0.15) is 26.7 Å². The molecule has 0 spiro atoms. The molecule has 4 nitrogen and oxygen atoms in total. The van der Waals surface area contributed by atoms with E-state index in [9.17, 15) is 4.79 Å². The number of carbonyl (C=O) groups excluding carboxylic acids is 1. The molecule has 2 heterocycles. The summed E-state index contributed by atoms with van der Waals surface area (Å²) in [6, 6.07) is 7.94.